The Balaban J connectivity index is 2.45. The Kier molecular flexibility index (Phi) is 3.11. The third-order valence-corrected chi connectivity index (χ3v) is 1.67. The van der Waals surface area contributed by atoms with Crippen LogP contribution in [0.4, 0.5) is 0 Å². The maximum absolute atomic E-state index is 4.05. The van der Waals surface area contributed by atoms with Crippen LogP contribution in [0.2, 0.25) is 0 Å². The molecule has 11 heavy (non-hydrogen) atoms. The highest BCUT2D eigenvalue weighted by Gasteiger charge is 2.07. The monoisotopic (exact) mass is 153 g/mol. The first-order valence-corrected chi connectivity index (χ1v) is 3.92. The van der Waals surface area contributed by atoms with E-state index in [0.717, 1.165) is 19.6 Å². The second-order valence-corrected chi connectivity index (χ2v) is 2.73. The van der Waals surface area contributed by atoms with Gasteiger partial charge in [0.2, 0.25) is 0 Å². The van der Waals surface area contributed by atoms with Crippen molar-refractivity contribution in [3.63, 3.8) is 0 Å². The quantitative estimate of drug-likeness (QED) is 0.554. The van der Waals surface area contributed by atoms with Crippen LogP contribution in [0.5, 0.6) is 0 Å². The lowest BCUT2D eigenvalue weighted by atomic mass is 10.3. The van der Waals surface area contributed by atoms with Crippen molar-refractivity contribution in [3.8, 4) is 0 Å². The molecule has 1 rings (SSSR count). The molecule has 1 aliphatic rings. The smallest absolute Gasteiger partial charge is 0.0466 e. The minimum Gasteiger partial charge on any atom is -0.385 e. The fraction of sp³-hybridized carbons (Fsp3) is 0.625. The number of nitrogens with zero attached hydrogens (tertiary/aromatic N) is 2. The summed E-state index contributed by atoms with van der Waals surface area (Å²) in [5, 5.41) is 3.29. The first-order chi connectivity index (χ1) is 5.33. The van der Waals surface area contributed by atoms with Crippen molar-refractivity contribution >= 4 is 6.21 Å². The summed E-state index contributed by atoms with van der Waals surface area (Å²) in [6.07, 6.45) is 3.68. The van der Waals surface area contributed by atoms with Gasteiger partial charge in [-0.2, -0.15) is 0 Å². The van der Waals surface area contributed by atoms with Gasteiger partial charge in [0, 0.05) is 37.7 Å². The molecule has 0 atom stereocenters. The van der Waals surface area contributed by atoms with E-state index in [-0.39, 0.29) is 0 Å². The number of nitrogens with one attached hydrogen (secondary N) is 1. The molecule has 0 spiro atoms. The van der Waals surface area contributed by atoms with E-state index in [1.165, 1.54) is 5.70 Å². The second-order valence-electron chi connectivity index (χ2n) is 2.73. The van der Waals surface area contributed by atoms with Crippen LogP contribution in [0.3, 0.4) is 0 Å². The first kappa shape index (κ1) is 8.27. The maximum Gasteiger partial charge on any atom is 0.0466 e. The molecule has 0 radical (unpaired) electrons. The Morgan fingerprint density at radius 1 is 1.64 bits per heavy atom. The van der Waals surface area contributed by atoms with Crippen molar-refractivity contribution in [2.75, 3.05) is 26.7 Å². The standard InChI is InChI=1S/C8H15N3/c1-3-9-6-8-7-11(2)5-4-10-8/h3,6,10H,4-5,7H2,1-2H3/b8-6-,9-3-. The van der Waals surface area contributed by atoms with Crippen molar-refractivity contribution in [3.05, 3.63) is 11.9 Å². The van der Waals surface area contributed by atoms with E-state index in [9.17, 15) is 0 Å². The molecule has 62 valence electrons. The van der Waals surface area contributed by atoms with Crippen molar-refractivity contribution in [2.24, 2.45) is 4.99 Å². The first-order valence-electron chi connectivity index (χ1n) is 3.92. The molecule has 0 unspecified atom stereocenters. The number of hydrogen-bond donors (Lipinski definition) is 1. The molecule has 0 aromatic carbocycles. The van der Waals surface area contributed by atoms with E-state index < -0.39 is 0 Å². The molecule has 1 heterocycles. The number of aliphatic imine (C=N–C) groups is 1. The van der Waals surface area contributed by atoms with Gasteiger partial charge in [0.1, 0.15) is 0 Å². The lowest BCUT2D eigenvalue weighted by Crippen LogP contribution is -2.39. The molecule has 0 aliphatic carbocycles. The number of likely N-dealkylation sites (N-methyl/N-ethyl adjacent to an activating group) is 1. The number of hydrogen-bond acceptors (Lipinski definition) is 3. The van der Waals surface area contributed by atoms with Crippen LogP contribution in [-0.4, -0.2) is 37.8 Å². The van der Waals surface area contributed by atoms with Gasteiger partial charge in [-0.1, -0.05) is 0 Å². The summed E-state index contributed by atoms with van der Waals surface area (Å²) in [6, 6.07) is 0. The van der Waals surface area contributed by atoms with Gasteiger partial charge in [-0.3, -0.25) is 9.89 Å². The van der Waals surface area contributed by atoms with Gasteiger partial charge in [0.05, 0.1) is 0 Å². The van der Waals surface area contributed by atoms with Gasteiger partial charge in [-0.25, -0.2) is 0 Å². The summed E-state index contributed by atoms with van der Waals surface area (Å²) in [4.78, 5) is 6.33. The maximum atomic E-state index is 4.05. The predicted octanol–water partition coefficient (Wildman–Crippen LogP) is 0.454. The van der Waals surface area contributed by atoms with E-state index in [2.05, 4.69) is 22.3 Å². The summed E-state index contributed by atoms with van der Waals surface area (Å²) in [6.45, 7) is 5.05. The predicted molar refractivity (Wildman–Crippen MR) is 47.7 cm³/mol. The van der Waals surface area contributed by atoms with Crippen molar-refractivity contribution in [2.45, 2.75) is 6.92 Å². The Morgan fingerprint density at radius 3 is 3.09 bits per heavy atom. The molecule has 0 amide bonds. The van der Waals surface area contributed by atoms with Gasteiger partial charge in [-0.05, 0) is 14.0 Å². The molecular formula is C8H15N3. The molecule has 0 bridgehead atoms. The largest absolute Gasteiger partial charge is 0.385 e. The summed E-state index contributed by atoms with van der Waals surface area (Å²) >= 11 is 0. The van der Waals surface area contributed by atoms with E-state index in [0.29, 0.717) is 0 Å². The zero-order chi connectivity index (χ0) is 8.10. The minimum atomic E-state index is 0.983. The third kappa shape index (κ3) is 2.72. The van der Waals surface area contributed by atoms with Crippen LogP contribution in [0.1, 0.15) is 6.92 Å². The van der Waals surface area contributed by atoms with Gasteiger partial charge >= 0.3 is 0 Å². The van der Waals surface area contributed by atoms with Crippen LogP contribution < -0.4 is 5.32 Å². The molecular weight excluding hydrogens is 138 g/mol. The van der Waals surface area contributed by atoms with Crippen molar-refractivity contribution in [1.29, 1.82) is 0 Å². The Bertz CT molecular complexity index is 172. The molecule has 1 saturated heterocycles. The van der Waals surface area contributed by atoms with Crippen LogP contribution >= 0.6 is 0 Å². The third-order valence-electron chi connectivity index (χ3n) is 1.67. The summed E-state index contributed by atoms with van der Waals surface area (Å²) < 4.78 is 0. The zero-order valence-corrected chi connectivity index (χ0v) is 7.17. The summed E-state index contributed by atoms with van der Waals surface area (Å²) in [7, 11) is 2.12. The number of rotatable bonds is 1. The van der Waals surface area contributed by atoms with E-state index in [1.54, 1.807) is 6.21 Å². The molecule has 1 fully saturated rings. The average Bonchev–Trinajstić information content (AvgIpc) is 2.01. The minimum absolute atomic E-state index is 0.983. The van der Waals surface area contributed by atoms with Gasteiger partial charge in [0.25, 0.3) is 0 Å². The van der Waals surface area contributed by atoms with Gasteiger partial charge in [0.15, 0.2) is 0 Å². The molecule has 1 N–H and O–H groups in total. The molecule has 1 aliphatic heterocycles. The van der Waals surface area contributed by atoms with Gasteiger partial charge in [-0.15, -0.1) is 0 Å². The Morgan fingerprint density at radius 2 is 2.45 bits per heavy atom. The second kappa shape index (κ2) is 4.13. The SMILES string of the molecule is C/C=N\C=C1\CN(C)CCN1. The Hall–Kier alpha value is -0.830. The molecule has 0 saturated carbocycles. The van der Waals surface area contributed by atoms with Crippen LogP contribution in [0.15, 0.2) is 16.9 Å². The normalized spacial score (nSPS) is 24.4. The van der Waals surface area contributed by atoms with E-state index in [4.69, 9.17) is 0 Å². The highest BCUT2D eigenvalue weighted by atomic mass is 15.2. The Labute approximate surface area is 67.8 Å². The van der Waals surface area contributed by atoms with E-state index in [1.807, 2.05) is 13.1 Å². The summed E-state index contributed by atoms with van der Waals surface area (Å²) in [5.41, 5.74) is 1.21. The summed E-state index contributed by atoms with van der Waals surface area (Å²) in [5.74, 6) is 0. The highest BCUT2D eigenvalue weighted by molar-refractivity contribution is 5.54. The fourth-order valence-electron chi connectivity index (χ4n) is 1.08. The molecule has 3 nitrogen and oxygen atoms in total. The van der Waals surface area contributed by atoms with Crippen LogP contribution in [0, 0.1) is 0 Å². The van der Waals surface area contributed by atoms with Gasteiger partial charge < -0.3 is 5.32 Å². The van der Waals surface area contributed by atoms with Crippen LogP contribution in [0.25, 0.3) is 0 Å². The molecule has 3 heteroatoms. The van der Waals surface area contributed by atoms with E-state index >= 15 is 0 Å². The molecule has 0 aromatic heterocycles. The lowest BCUT2D eigenvalue weighted by Gasteiger charge is -2.25. The van der Waals surface area contributed by atoms with Crippen LogP contribution in [-0.2, 0) is 0 Å². The lowest BCUT2D eigenvalue weighted by molar-refractivity contribution is 0.322. The van der Waals surface area contributed by atoms with Crippen molar-refractivity contribution < 1.29 is 0 Å². The average molecular weight is 153 g/mol. The fourth-order valence-corrected chi connectivity index (χ4v) is 1.08. The number of piperazine rings is 1. The zero-order valence-electron chi connectivity index (χ0n) is 7.17. The highest BCUT2D eigenvalue weighted by Crippen LogP contribution is 1.98. The molecule has 0 aromatic rings. The van der Waals surface area contributed by atoms with Crippen molar-refractivity contribution in [1.82, 2.24) is 10.2 Å². The topological polar surface area (TPSA) is 27.6 Å².